The van der Waals surface area contributed by atoms with Gasteiger partial charge in [0.25, 0.3) is 0 Å². The molecular weight excluding hydrogens is 364 g/mol. The number of hydrogen-bond acceptors (Lipinski definition) is 5. The molecule has 1 atom stereocenters. The maximum atomic E-state index is 9.21. The smallest absolute Gasteiger partial charge is 0.208 e. The monoisotopic (exact) mass is 388 g/mol. The van der Waals surface area contributed by atoms with Crippen LogP contribution in [0.2, 0.25) is 0 Å². The molecule has 1 fully saturated rings. The van der Waals surface area contributed by atoms with Gasteiger partial charge in [-0.25, -0.2) is 15.0 Å². The van der Waals surface area contributed by atoms with Gasteiger partial charge in [0.05, 0.1) is 11.9 Å². The highest BCUT2D eigenvalue weighted by Crippen LogP contribution is 2.27. The average Bonchev–Trinajstić information content (AvgIpc) is 3.13. The van der Waals surface area contributed by atoms with Gasteiger partial charge >= 0.3 is 0 Å². The van der Waals surface area contributed by atoms with Crippen molar-refractivity contribution in [3.05, 3.63) is 54.0 Å². The molecule has 3 aromatic rings. The van der Waals surface area contributed by atoms with Gasteiger partial charge in [-0.1, -0.05) is 30.3 Å². The highest BCUT2D eigenvalue weighted by molar-refractivity contribution is 5.90. The molecule has 2 aromatic heterocycles. The number of anilines is 1. The predicted molar refractivity (Wildman–Crippen MR) is 113 cm³/mol. The number of fused-ring (bicyclic) bond motifs is 1. The van der Waals surface area contributed by atoms with Gasteiger partial charge in [0.1, 0.15) is 17.8 Å². The fourth-order valence-electron chi connectivity index (χ4n) is 3.80. The topological polar surface area (TPSA) is 96.2 Å². The lowest BCUT2D eigenvalue weighted by Gasteiger charge is -2.41. The van der Waals surface area contributed by atoms with E-state index in [-0.39, 0.29) is 6.04 Å². The Kier molecular flexibility index (Phi) is 5.29. The first kappa shape index (κ1) is 18.7. The van der Waals surface area contributed by atoms with Crippen LogP contribution < -0.4 is 10.2 Å². The molecular formula is C21H24N8. The number of piperazine rings is 1. The first-order chi connectivity index (χ1) is 14.2. The molecule has 1 unspecified atom stereocenters. The summed E-state index contributed by atoms with van der Waals surface area (Å²) in [4.78, 5) is 21.2. The number of aryl methyl sites for hydroxylation is 1. The predicted octanol–water partition coefficient (Wildman–Crippen LogP) is 2.40. The first-order valence-corrected chi connectivity index (χ1v) is 9.71. The number of H-pyrrole nitrogens is 1. The van der Waals surface area contributed by atoms with Gasteiger partial charge in [0.15, 0.2) is 6.19 Å². The van der Waals surface area contributed by atoms with Crippen LogP contribution in [0.5, 0.6) is 0 Å². The minimum atomic E-state index is 0.170. The molecule has 3 heterocycles. The molecule has 8 heteroatoms. The summed E-state index contributed by atoms with van der Waals surface area (Å²) >= 11 is 0. The standard InChI is InChI=1S/C21H24N8/c1-15-10-23-19-18(15)20(27-14-26-19)28-8-9-29(16(2)12-28)21(25-13-22)24-11-17-6-4-3-5-7-17/h3-7,10,14,16H,8-9,11-12H2,1-2H3,(H,24,25)(H,23,26,27). The molecule has 8 nitrogen and oxygen atoms in total. The maximum Gasteiger partial charge on any atom is 0.208 e. The Hall–Kier alpha value is -3.60. The number of hydrogen-bond donors (Lipinski definition) is 2. The molecule has 148 valence electrons. The number of nitrogens with zero attached hydrogens (tertiary/aromatic N) is 6. The highest BCUT2D eigenvalue weighted by Gasteiger charge is 2.28. The quantitative estimate of drug-likeness (QED) is 0.310. The van der Waals surface area contributed by atoms with E-state index in [1.54, 1.807) is 6.33 Å². The third kappa shape index (κ3) is 3.85. The van der Waals surface area contributed by atoms with E-state index in [9.17, 15) is 5.26 Å². The SMILES string of the molecule is Cc1c[nH]c2ncnc(N3CCN(C(=NCc4ccccc4)NC#N)C(C)C3)c12. The summed E-state index contributed by atoms with van der Waals surface area (Å²) < 4.78 is 0. The minimum absolute atomic E-state index is 0.170. The van der Waals surface area contributed by atoms with Gasteiger partial charge in [0, 0.05) is 31.9 Å². The zero-order valence-corrected chi connectivity index (χ0v) is 16.6. The van der Waals surface area contributed by atoms with Crippen LogP contribution in [0.3, 0.4) is 0 Å². The number of benzene rings is 1. The third-order valence-electron chi connectivity index (χ3n) is 5.27. The fraction of sp³-hybridized carbons (Fsp3) is 0.333. The minimum Gasteiger partial charge on any atom is -0.352 e. The Morgan fingerprint density at radius 1 is 1.31 bits per heavy atom. The van der Waals surface area contributed by atoms with E-state index in [1.165, 1.54) is 0 Å². The van der Waals surface area contributed by atoms with Crippen LogP contribution in [-0.2, 0) is 6.54 Å². The molecule has 2 N–H and O–H groups in total. The largest absolute Gasteiger partial charge is 0.352 e. The number of aromatic amines is 1. The number of nitrogens with one attached hydrogen (secondary N) is 2. The fourth-order valence-corrected chi connectivity index (χ4v) is 3.80. The highest BCUT2D eigenvalue weighted by atomic mass is 15.4. The number of rotatable bonds is 3. The van der Waals surface area contributed by atoms with E-state index in [4.69, 9.17) is 0 Å². The molecule has 1 aromatic carbocycles. The maximum absolute atomic E-state index is 9.21. The second-order valence-electron chi connectivity index (χ2n) is 7.24. The molecule has 0 saturated carbocycles. The van der Waals surface area contributed by atoms with Gasteiger partial charge in [-0.05, 0) is 25.0 Å². The summed E-state index contributed by atoms with van der Waals surface area (Å²) in [6, 6.07) is 10.2. The van der Waals surface area contributed by atoms with Gasteiger partial charge in [0.2, 0.25) is 5.96 Å². The molecule has 1 aliphatic heterocycles. The van der Waals surface area contributed by atoms with Gasteiger partial charge in [-0.2, -0.15) is 5.26 Å². The number of aromatic nitrogens is 3. The van der Waals surface area contributed by atoms with Gasteiger partial charge in [-0.3, -0.25) is 5.32 Å². The van der Waals surface area contributed by atoms with E-state index < -0.39 is 0 Å². The Bertz CT molecular complexity index is 1050. The molecule has 1 aliphatic rings. The molecule has 0 radical (unpaired) electrons. The van der Waals surface area contributed by atoms with E-state index in [0.717, 1.165) is 47.6 Å². The zero-order valence-electron chi connectivity index (χ0n) is 16.6. The van der Waals surface area contributed by atoms with Crippen molar-refractivity contribution in [1.82, 2.24) is 25.2 Å². The summed E-state index contributed by atoms with van der Waals surface area (Å²) in [5, 5.41) is 13.1. The van der Waals surface area contributed by atoms with Crippen molar-refractivity contribution in [3.63, 3.8) is 0 Å². The summed E-state index contributed by atoms with van der Waals surface area (Å²) in [6.45, 7) is 7.07. The third-order valence-corrected chi connectivity index (χ3v) is 5.27. The molecule has 4 rings (SSSR count). The van der Waals surface area contributed by atoms with Crippen LogP contribution in [0.1, 0.15) is 18.1 Å². The van der Waals surface area contributed by atoms with Crippen molar-refractivity contribution in [3.8, 4) is 6.19 Å². The molecule has 29 heavy (non-hydrogen) atoms. The van der Waals surface area contributed by atoms with Crippen molar-refractivity contribution in [2.45, 2.75) is 26.4 Å². The van der Waals surface area contributed by atoms with E-state index >= 15 is 0 Å². The Morgan fingerprint density at radius 2 is 2.14 bits per heavy atom. The molecule has 0 spiro atoms. The van der Waals surface area contributed by atoms with Gasteiger partial charge < -0.3 is 14.8 Å². The van der Waals surface area contributed by atoms with Crippen LogP contribution in [0, 0.1) is 18.4 Å². The van der Waals surface area contributed by atoms with E-state index in [2.05, 4.69) is 48.9 Å². The lowest BCUT2D eigenvalue weighted by Crippen LogP contribution is -2.56. The summed E-state index contributed by atoms with van der Waals surface area (Å²) in [7, 11) is 0. The van der Waals surface area contributed by atoms with Crippen molar-refractivity contribution >= 4 is 22.8 Å². The van der Waals surface area contributed by atoms with E-state index in [0.29, 0.717) is 12.5 Å². The Balaban J connectivity index is 1.52. The van der Waals surface area contributed by atoms with Crippen LogP contribution in [0.15, 0.2) is 47.8 Å². The lowest BCUT2D eigenvalue weighted by atomic mass is 10.1. The van der Waals surface area contributed by atoms with Gasteiger partial charge in [-0.15, -0.1) is 0 Å². The second-order valence-corrected chi connectivity index (χ2v) is 7.24. The average molecular weight is 388 g/mol. The second kappa shape index (κ2) is 8.19. The van der Waals surface area contributed by atoms with Crippen molar-refractivity contribution in [2.75, 3.05) is 24.5 Å². The van der Waals surface area contributed by atoms with Crippen molar-refractivity contribution in [2.24, 2.45) is 4.99 Å². The summed E-state index contributed by atoms with van der Waals surface area (Å²) in [5.74, 6) is 1.57. The lowest BCUT2D eigenvalue weighted by molar-refractivity contribution is 0.290. The Labute approximate surface area is 169 Å². The molecule has 0 aliphatic carbocycles. The number of guanidine groups is 1. The van der Waals surface area contributed by atoms with Crippen LogP contribution >= 0.6 is 0 Å². The van der Waals surface area contributed by atoms with Crippen molar-refractivity contribution in [1.29, 1.82) is 5.26 Å². The Morgan fingerprint density at radius 3 is 2.90 bits per heavy atom. The van der Waals surface area contributed by atoms with E-state index in [1.807, 2.05) is 42.7 Å². The van der Waals surface area contributed by atoms with Crippen LogP contribution in [-0.4, -0.2) is 51.5 Å². The normalized spacial score (nSPS) is 17.4. The molecule has 1 saturated heterocycles. The zero-order chi connectivity index (χ0) is 20.2. The first-order valence-electron chi connectivity index (χ1n) is 9.71. The van der Waals surface area contributed by atoms with Crippen molar-refractivity contribution < 1.29 is 0 Å². The number of nitriles is 1. The summed E-state index contributed by atoms with van der Waals surface area (Å²) in [5.41, 5.74) is 3.11. The van der Waals surface area contributed by atoms with Crippen LogP contribution in [0.25, 0.3) is 11.0 Å². The van der Waals surface area contributed by atoms with Crippen LogP contribution in [0.4, 0.5) is 5.82 Å². The molecule has 0 bridgehead atoms. The molecule has 0 amide bonds. The number of aliphatic imine (C=N–C) groups is 1. The summed E-state index contributed by atoms with van der Waals surface area (Å²) in [6.07, 6.45) is 5.60.